The van der Waals surface area contributed by atoms with Crippen LogP contribution in [0.15, 0.2) is 0 Å². The minimum Gasteiger partial charge on any atom is -0.481 e. The van der Waals surface area contributed by atoms with Crippen molar-refractivity contribution in [3.05, 3.63) is 0 Å². The van der Waals surface area contributed by atoms with Gasteiger partial charge in [0.05, 0.1) is 17.9 Å². The predicted octanol–water partition coefficient (Wildman–Crippen LogP) is 0.995. The summed E-state index contributed by atoms with van der Waals surface area (Å²) in [5.74, 6) is -0.296. The fourth-order valence-electron chi connectivity index (χ4n) is 2.67. The Hall–Kier alpha value is -0.620. The van der Waals surface area contributed by atoms with Gasteiger partial charge in [0.2, 0.25) is 0 Å². The minimum absolute atomic E-state index is 0.0261. The summed E-state index contributed by atoms with van der Waals surface area (Å²) in [7, 11) is -3.08. The van der Waals surface area contributed by atoms with Crippen LogP contribution in [0.2, 0.25) is 0 Å². The van der Waals surface area contributed by atoms with Crippen LogP contribution in [-0.4, -0.2) is 54.5 Å². The zero-order valence-electron chi connectivity index (χ0n) is 11.3. The van der Waals surface area contributed by atoms with Crippen LogP contribution in [0.1, 0.15) is 33.6 Å². The Morgan fingerprint density at radius 2 is 2.00 bits per heavy atom. The van der Waals surface area contributed by atoms with E-state index < -0.39 is 15.8 Å². The normalized spacial score (nSPS) is 26.1. The smallest absolute Gasteiger partial charge is 0.304 e. The second-order valence-electron chi connectivity index (χ2n) is 5.58. The maximum absolute atomic E-state index is 11.6. The van der Waals surface area contributed by atoms with E-state index in [0.29, 0.717) is 12.5 Å². The molecule has 2 unspecified atom stereocenters. The number of carboxylic acids is 1. The summed E-state index contributed by atoms with van der Waals surface area (Å²) in [6.45, 7) is 6.73. The molecule has 0 aliphatic carbocycles. The van der Waals surface area contributed by atoms with Gasteiger partial charge in [0.25, 0.3) is 0 Å². The molecule has 2 atom stereocenters. The summed E-state index contributed by atoms with van der Waals surface area (Å²) in [5.41, 5.74) is 0. The fourth-order valence-corrected chi connectivity index (χ4v) is 4.23. The highest BCUT2D eigenvalue weighted by Gasteiger charge is 2.34. The molecule has 0 amide bonds. The van der Waals surface area contributed by atoms with Gasteiger partial charge in [-0.05, 0) is 19.3 Å². The lowest BCUT2D eigenvalue weighted by Gasteiger charge is -2.39. The fraction of sp³-hybridized carbons (Fsp3) is 0.917. The average Bonchev–Trinajstić information content (AvgIpc) is 2.13. The van der Waals surface area contributed by atoms with Gasteiger partial charge in [-0.1, -0.05) is 13.8 Å². The predicted molar refractivity (Wildman–Crippen MR) is 70.3 cm³/mol. The van der Waals surface area contributed by atoms with Crippen LogP contribution in [0.4, 0.5) is 0 Å². The zero-order valence-corrected chi connectivity index (χ0v) is 12.1. The molecule has 0 saturated carbocycles. The third kappa shape index (κ3) is 4.57. The van der Waals surface area contributed by atoms with E-state index in [0.717, 1.165) is 6.42 Å². The first-order valence-corrected chi connectivity index (χ1v) is 8.21. The number of nitrogens with zero attached hydrogens (tertiary/aromatic N) is 1. The summed E-state index contributed by atoms with van der Waals surface area (Å²) < 4.78 is 23.2. The Morgan fingerprint density at radius 1 is 1.39 bits per heavy atom. The molecule has 1 rings (SSSR count). The van der Waals surface area contributed by atoms with E-state index in [1.165, 1.54) is 0 Å². The first kappa shape index (κ1) is 15.4. The van der Waals surface area contributed by atoms with E-state index in [1.807, 2.05) is 6.92 Å². The zero-order chi connectivity index (χ0) is 13.9. The first-order chi connectivity index (χ1) is 8.21. The Balaban J connectivity index is 2.77. The second kappa shape index (κ2) is 6.02. The van der Waals surface area contributed by atoms with Gasteiger partial charge in [0, 0.05) is 18.6 Å². The molecule has 0 aromatic carbocycles. The lowest BCUT2D eigenvalue weighted by molar-refractivity contribution is -0.138. The second-order valence-corrected chi connectivity index (χ2v) is 7.81. The van der Waals surface area contributed by atoms with Gasteiger partial charge >= 0.3 is 5.97 Å². The van der Waals surface area contributed by atoms with Crippen LogP contribution >= 0.6 is 0 Å². The van der Waals surface area contributed by atoms with Gasteiger partial charge in [-0.3, -0.25) is 9.69 Å². The first-order valence-electron chi connectivity index (χ1n) is 6.39. The molecule has 1 fully saturated rings. The van der Waals surface area contributed by atoms with Crippen LogP contribution in [-0.2, 0) is 14.6 Å². The quantitative estimate of drug-likeness (QED) is 0.811. The summed E-state index contributed by atoms with van der Waals surface area (Å²) in [5, 5.41) is 8.90. The average molecular weight is 277 g/mol. The molecular formula is C12H23NO4S. The van der Waals surface area contributed by atoms with Gasteiger partial charge in [-0.25, -0.2) is 8.42 Å². The molecule has 1 heterocycles. The molecule has 0 spiro atoms. The van der Waals surface area contributed by atoms with Crippen LogP contribution in [0.3, 0.4) is 0 Å². The highest BCUT2D eigenvalue weighted by Crippen LogP contribution is 2.21. The van der Waals surface area contributed by atoms with Crippen molar-refractivity contribution in [1.29, 1.82) is 0 Å². The number of aliphatic carboxylic acids is 1. The van der Waals surface area contributed by atoms with E-state index >= 15 is 0 Å². The molecule has 1 aliphatic rings. The van der Waals surface area contributed by atoms with Crippen molar-refractivity contribution in [3.8, 4) is 0 Å². The summed E-state index contributed by atoms with van der Waals surface area (Å²) in [6, 6.07) is -0.153. The molecule has 0 radical (unpaired) electrons. The lowest BCUT2D eigenvalue weighted by Crippen LogP contribution is -2.53. The van der Waals surface area contributed by atoms with Gasteiger partial charge in [0.15, 0.2) is 9.84 Å². The number of rotatable bonds is 5. The van der Waals surface area contributed by atoms with Crippen molar-refractivity contribution in [2.75, 3.05) is 18.1 Å². The molecule has 6 heteroatoms. The topological polar surface area (TPSA) is 74.7 Å². The van der Waals surface area contributed by atoms with E-state index in [1.54, 1.807) is 0 Å². The van der Waals surface area contributed by atoms with Crippen LogP contribution < -0.4 is 0 Å². The van der Waals surface area contributed by atoms with Crippen LogP contribution in [0.25, 0.3) is 0 Å². The number of hydrogen-bond acceptors (Lipinski definition) is 4. The number of sulfone groups is 1. The molecule has 0 aromatic heterocycles. The largest absolute Gasteiger partial charge is 0.481 e. The maximum Gasteiger partial charge on any atom is 0.304 e. The van der Waals surface area contributed by atoms with E-state index in [9.17, 15) is 13.2 Å². The van der Waals surface area contributed by atoms with Gasteiger partial charge in [-0.2, -0.15) is 0 Å². The molecule has 1 N–H and O–H groups in total. The van der Waals surface area contributed by atoms with E-state index in [4.69, 9.17) is 5.11 Å². The van der Waals surface area contributed by atoms with Gasteiger partial charge in [-0.15, -0.1) is 0 Å². The number of hydrogen-bond donors (Lipinski definition) is 1. The molecule has 1 aliphatic heterocycles. The summed E-state index contributed by atoms with van der Waals surface area (Å²) in [4.78, 5) is 12.9. The highest BCUT2D eigenvalue weighted by molar-refractivity contribution is 7.91. The van der Waals surface area contributed by atoms with Crippen LogP contribution in [0, 0.1) is 5.92 Å². The minimum atomic E-state index is -3.08. The number of carboxylic acid groups (broad SMARTS) is 1. The Bertz CT molecular complexity index is 391. The standard InChI is InChI=1S/C12H23NO4S/c1-9(2)6-10(3)13-4-5-18(16,17)8-11(13)7-12(14)15/h9-11H,4-8H2,1-3H3,(H,14,15). The van der Waals surface area contributed by atoms with Gasteiger partial charge in [0.1, 0.15) is 0 Å². The van der Waals surface area contributed by atoms with Crippen molar-refractivity contribution in [2.24, 2.45) is 5.92 Å². The third-order valence-electron chi connectivity index (χ3n) is 3.36. The molecule has 0 aromatic rings. The molecule has 106 valence electrons. The Morgan fingerprint density at radius 3 is 2.50 bits per heavy atom. The van der Waals surface area contributed by atoms with Crippen molar-refractivity contribution in [1.82, 2.24) is 4.90 Å². The lowest BCUT2D eigenvalue weighted by atomic mass is 10.0. The van der Waals surface area contributed by atoms with Crippen molar-refractivity contribution < 1.29 is 18.3 Å². The molecule has 1 saturated heterocycles. The molecule has 0 bridgehead atoms. The molecule has 5 nitrogen and oxygen atoms in total. The van der Waals surface area contributed by atoms with E-state index in [-0.39, 0.29) is 30.0 Å². The third-order valence-corrected chi connectivity index (χ3v) is 5.06. The SMILES string of the molecule is CC(C)CC(C)N1CCS(=O)(=O)CC1CC(=O)O. The number of carbonyl (C=O) groups is 1. The van der Waals surface area contributed by atoms with Crippen molar-refractivity contribution >= 4 is 15.8 Å². The molecule has 18 heavy (non-hydrogen) atoms. The van der Waals surface area contributed by atoms with Gasteiger partial charge < -0.3 is 5.11 Å². The molecular weight excluding hydrogens is 254 g/mol. The van der Waals surface area contributed by atoms with E-state index in [2.05, 4.69) is 18.7 Å². The van der Waals surface area contributed by atoms with Crippen molar-refractivity contribution in [3.63, 3.8) is 0 Å². The van der Waals surface area contributed by atoms with Crippen LogP contribution in [0.5, 0.6) is 0 Å². The highest BCUT2D eigenvalue weighted by atomic mass is 32.2. The monoisotopic (exact) mass is 277 g/mol. The summed E-state index contributed by atoms with van der Waals surface area (Å²) in [6.07, 6.45) is 0.859. The Labute approximate surface area is 109 Å². The summed E-state index contributed by atoms with van der Waals surface area (Å²) >= 11 is 0. The van der Waals surface area contributed by atoms with Crippen molar-refractivity contribution in [2.45, 2.75) is 45.7 Å². The maximum atomic E-state index is 11.6. The Kier molecular flexibility index (Phi) is 5.16.